The van der Waals surface area contributed by atoms with E-state index in [0.29, 0.717) is 11.5 Å². The van der Waals surface area contributed by atoms with Gasteiger partial charge in [0.2, 0.25) is 0 Å². The molecule has 1 atom stereocenters. The number of nitrogens with zero attached hydrogens (tertiary/aromatic N) is 1. The van der Waals surface area contributed by atoms with Crippen molar-refractivity contribution in [2.75, 3.05) is 21.3 Å². The Balaban J connectivity index is 1.85. The number of hydrogen-bond acceptors (Lipinski definition) is 7. The number of methoxy groups -OCH3 is 3. The molecule has 0 aliphatic carbocycles. The second kappa shape index (κ2) is 9.52. The molecule has 2 heterocycles. The van der Waals surface area contributed by atoms with Crippen molar-refractivity contribution in [2.45, 2.75) is 12.6 Å². The number of carbonyl (C=O) groups excluding carboxylic acids is 2. The highest BCUT2D eigenvalue weighted by atomic mass is 35.5. The van der Waals surface area contributed by atoms with E-state index in [1.807, 2.05) is 0 Å². The van der Waals surface area contributed by atoms with Crippen LogP contribution in [0.25, 0.3) is 5.76 Å². The summed E-state index contributed by atoms with van der Waals surface area (Å²) < 4.78 is 21.4. The highest BCUT2D eigenvalue weighted by molar-refractivity contribution is 6.46. The van der Waals surface area contributed by atoms with E-state index in [0.717, 1.165) is 5.56 Å². The van der Waals surface area contributed by atoms with E-state index in [2.05, 4.69) is 0 Å². The second-order valence-electron chi connectivity index (χ2n) is 7.48. The summed E-state index contributed by atoms with van der Waals surface area (Å²) in [6, 6.07) is 12.4. The normalized spacial score (nSPS) is 17.2. The SMILES string of the molecule is COc1ccc(CN2C(=O)C(=O)/C(=C(/O)c3cc(OC)c(Cl)cc3OC)C2c2ccco2)cc1. The standard InChI is InChI=1S/C25H22ClNO7/c1-31-15-8-6-14(7-9-15)13-27-22(18-5-4-10-34-18)21(24(29)25(27)30)23(28)16-11-20(33-3)17(26)12-19(16)32-2/h4-12,22,28H,13H2,1-3H3/b23-21+. The Bertz CT molecular complexity index is 1250. The quantitative estimate of drug-likeness (QED) is 0.298. The van der Waals surface area contributed by atoms with Crippen LogP contribution in [-0.2, 0) is 16.1 Å². The fraction of sp³-hybridized carbons (Fsp3) is 0.200. The van der Waals surface area contributed by atoms with Gasteiger partial charge in [0.05, 0.1) is 43.8 Å². The maximum Gasteiger partial charge on any atom is 0.296 e. The molecule has 176 valence electrons. The summed E-state index contributed by atoms with van der Waals surface area (Å²) in [6.45, 7) is 0.109. The first kappa shape index (κ1) is 23.3. The highest BCUT2D eigenvalue weighted by Gasteiger charge is 2.47. The van der Waals surface area contributed by atoms with Gasteiger partial charge in [-0.15, -0.1) is 0 Å². The zero-order valence-corrected chi connectivity index (χ0v) is 19.5. The summed E-state index contributed by atoms with van der Waals surface area (Å²) in [5.41, 5.74) is 0.795. The minimum Gasteiger partial charge on any atom is -0.507 e. The maximum atomic E-state index is 13.2. The largest absolute Gasteiger partial charge is 0.507 e. The van der Waals surface area contributed by atoms with E-state index in [4.69, 9.17) is 30.2 Å². The molecule has 1 aliphatic heterocycles. The Morgan fingerprint density at radius 2 is 1.74 bits per heavy atom. The van der Waals surface area contributed by atoms with Gasteiger partial charge in [0.25, 0.3) is 11.7 Å². The topological polar surface area (TPSA) is 98.4 Å². The first-order chi connectivity index (χ1) is 16.4. The molecule has 8 nitrogen and oxygen atoms in total. The summed E-state index contributed by atoms with van der Waals surface area (Å²) in [5, 5.41) is 11.6. The Hall–Kier alpha value is -3.91. The molecular weight excluding hydrogens is 462 g/mol. The first-order valence-corrected chi connectivity index (χ1v) is 10.6. The lowest BCUT2D eigenvalue weighted by atomic mass is 9.98. The third-order valence-electron chi connectivity index (χ3n) is 5.59. The number of furan rings is 1. The van der Waals surface area contributed by atoms with Gasteiger partial charge in [0, 0.05) is 12.6 Å². The number of rotatable bonds is 7. The number of hydrogen-bond donors (Lipinski definition) is 1. The number of ketones is 1. The van der Waals surface area contributed by atoms with Gasteiger partial charge < -0.3 is 28.6 Å². The predicted molar refractivity (Wildman–Crippen MR) is 124 cm³/mol. The number of amides is 1. The molecule has 1 fully saturated rings. The molecule has 1 unspecified atom stereocenters. The number of aliphatic hydroxyl groups is 1. The smallest absolute Gasteiger partial charge is 0.296 e. The Labute approximate surface area is 200 Å². The molecule has 1 N–H and O–H groups in total. The van der Waals surface area contributed by atoms with Crippen LogP contribution in [0.1, 0.15) is 22.9 Å². The van der Waals surface area contributed by atoms with E-state index >= 15 is 0 Å². The Morgan fingerprint density at radius 1 is 1.03 bits per heavy atom. The van der Waals surface area contributed by atoms with Crippen LogP contribution in [-0.4, -0.2) is 43.0 Å². The number of halogens is 1. The van der Waals surface area contributed by atoms with Crippen molar-refractivity contribution in [1.29, 1.82) is 0 Å². The van der Waals surface area contributed by atoms with Crippen LogP contribution in [0.5, 0.6) is 17.2 Å². The van der Waals surface area contributed by atoms with Crippen LogP contribution >= 0.6 is 11.6 Å². The molecule has 0 radical (unpaired) electrons. The van der Waals surface area contributed by atoms with Crippen molar-refractivity contribution in [3.05, 3.63) is 82.3 Å². The number of aliphatic hydroxyl groups excluding tert-OH is 1. The number of carbonyl (C=O) groups is 2. The van der Waals surface area contributed by atoms with E-state index in [1.165, 1.54) is 37.5 Å². The molecule has 34 heavy (non-hydrogen) atoms. The minimum absolute atomic E-state index is 0.109. The second-order valence-corrected chi connectivity index (χ2v) is 7.88. The Kier molecular flexibility index (Phi) is 6.51. The fourth-order valence-corrected chi connectivity index (χ4v) is 4.13. The van der Waals surface area contributed by atoms with Crippen molar-refractivity contribution >= 4 is 29.1 Å². The summed E-state index contributed by atoms with van der Waals surface area (Å²) in [7, 11) is 4.39. The number of benzene rings is 2. The van der Waals surface area contributed by atoms with Crippen LogP contribution < -0.4 is 14.2 Å². The van der Waals surface area contributed by atoms with E-state index < -0.39 is 23.5 Å². The van der Waals surface area contributed by atoms with Gasteiger partial charge in [0.1, 0.15) is 34.8 Å². The summed E-state index contributed by atoms with van der Waals surface area (Å²) >= 11 is 6.19. The van der Waals surface area contributed by atoms with Gasteiger partial charge in [-0.25, -0.2) is 0 Å². The van der Waals surface area contributed by atoms with Gasteiger partial charge in [-0.2, -0.15) is 0 Å². The molecule has 1 amide bonds. The van der Waals surface area contributed by atoms with Crippen LogP contribution in [0, 0.1) is 0 Å². The fourth-order valence-electron chi connectivity index (χ4n) is 3.90. The molecular formula is C25H22ClNO7. The van der Waals surface area contributed by atoms with Crippen molar-refractivity contribution in [1.82, 2.24) is 4.90 Å². The Morgan fingerprint density at radius 3 is 2.32 bits per heavy atom. The van der Waals surface area contributed by atoms with Crippen molar-refractivity contribution < 1.29 is 33.3 Å². The summed E-state index contributed by atoms with van der Waals surface area (Å²) in [5.74, 6) is -0.564. The van der Waals surface area contributed by atoms with Crippen LogP contribution in [0.4, 0.5) is 0 Å². The lowest BCUT2D eigenvalue weighted by molar-refractivity contribution is -0.140. The van der Waals surface area contributed by atoms with Crippen molar-refractivity contribution in [3.8, 4) is 17.2 Å². The van der Waals surface area contributed by atoms with Crippen LogP contribution in [0.3, 0.4) is 0 Å². The monoisotopic (exact) mass is 483 g/mol. The van der Waals surface area contributed by atoms with Gasteiger partial charge in [-0.1, -0.05) is 23.7 Å². The average molecular weight is 484 g/mol. The van der Waals surface area contributed by atoms with Crippen molar-refractivity contribution in [2.24, 2.45) is 0 Å². The van der Waals surface area contributed by atoms with E-state index in [1.54, 1.807) is 43.5 Å². The van der Waals surface area contributed by atoms with Crippen molar-refractivity contribution in [3.63, 3.8) is 0 Å². The van der Waals surface area contributed by atoms with Gasteiger partial charge in [0.15, 0.2) is 0 Å². The lowest BCUT2D eigenvalue weighted by Gasteiger charge is -2.23. The third kappa shape index (κ3) is 4.08. The number of ether oxygens (including phenoxy) is 3. The number of likely N-dealkylation sites (tertiary alicyclic amines) is 1. The molecule has 1 saturated heterocycles. The maximum absolute atomic E-state index is 13.2. The molecule has 4 rings (SSSR count). The molecule has 1 aliphatic rings. The predicted octanol–water partition coefficient (Wildman–Crippen LogP) is 4.58. The molecule has 2 aromatic carbocycles. The highest BCUT2D eigenvalue weighted by Crippen LogP contribution is 2.43. The molecule has 9 heteroatoms. The zero-order valence-electron chi connectivity index (χ0n) is 18.7. The zero-order chi connectivity index (χ0) is 24.4. The van der Waals surface area contributed by atoms with Crippen LogP contribution in [0.15, 0.2) is 64.8 Å². The number of Topliss-reactive ketones (excluding diaryl/α,β-unsaturated/α-hetero) is 1. The first-order valence-electron chi connectivity index (χ1n) is 10.3. The molecule has 1 aromatic heterocycles. The van der Waals surface area contributed by atoms with E-state index in [-0.39, 0.29) is 34.2 Å². The van der Waals surface area contributed by atoms with Gasteiger partial charge in [-0.3, -0.25) is 9.59 Å². The summed E-state index contributed by atoms with van der Waals surface area (Å²) in [6.07, 6.45) is 1.44. The minimum atomic E-state index is -0.955. The average Bonchev–Trinajstić information content (AvgIpc) is 3.46. The van der Waals surface area contributed by atoms with Crippen LogP contribution in [0.2, 0.25) is 5.02 Å². The van der Waals surface area contributed by atoms with Gasteiger partial charge >= 0.3 is 0 Å². The van der Waals surface area contributed by atoms with E-state index in [9.17, 15) is 14.7 Å². The molecule has 0 spiro atoms. The molecule has 3 aromatic rings. The van der Waals surface area contributed by atoms with Gasteiger partial charge in [-0.05, 0) is 35.9 Å². The molecule has 0 saturated carbocycles. The molecule has 0 bridgehead atoms. The lowest BCUT2D eigenvalue weighted by Crippen LogP contribution is -2.29. The summed E-state index contributed by atoms with van der Waals surface area (Å²) in [4.78, 5) is 27.6. The third-order valence-corrected chi connectivity index (χ3v) is 5.89.